The zero-order valence-electron chi connectivity index (χ0n) is 13.7. The lowest BCUT2D eigenvalue weighted by atomic mass is 9.99. The summed E-state index contributed by atoms with van der Waals surface area (Å²) in [6.45, 7) is 4.09. The maximum atomic E-state index is 12.0. The standard InChI is InChI=1S/C16H21N5O3/c1-16(2,9-8-14(22)23)18-15(24)17-13-11-21(20-19-13)10-12-6-4-3-5-7-12/h3-7,11H,8-10H2,1-2H3,(H,22,23)(H2,17,18,24). The number of nitrogens with one attached hydrogen (secondary N) is 2. The molecule has 1 heterocycles. The first kappa shape index (κ1) is 17.5. The molecular formula is C16H21N5O3. The van der Waals surface area contributed by atoms with E-state index in [-0.39, 0.29) is 6.42 Å². The smallest absolute Gasteiger partial charge is 0.320 e. The van der Waals surface area contributed by atoms with Gasteiger partial charge in [-0.1, -0.05) is 35.5 Å². The number of hydrogen-bond acceptors (Lipinski definition) is 4. The minimum atomic E-state index is -0.894. The van der Waals surface area contributed by atoms with Gasteiger partial charge in [-0.3, -0.25) is 10.1 Å². The molecule has 24 heavy (non-hydrogen) atoms. The monoisotopic (exact) mass is 331 g/mol. The summed E-state index contributed by atoms with van der Waals surface area (Å²) in [6.07, 6.45) is 1.95. The first-order chi connectivity index (χ1) is 11.3. The van der Waals surface area contributed by atoms with Crippen LogP contribution in [0.4, 0.5) is 10.6 Å². The van der Waals surface area contributed by atoms with E-state index in [1.165, 1.54) is 0 Å². The molecule has 8 heteroatoms. The van der Waals surface area contributed by atoms with E-state index in [0.717, 1.165) is 5.56 Å². The number of carboxylic acids is 1. The Kier molecular flexibility index (Phi) is 5.51. The predicted octanol–water partition coefficient (Wildman–Crippen LogP) is 2.09. The van der Waals surface area contributed by atoms with Crippen LogP contribution in [0.5, 0.6) is 0 Å². The van der Waals surface area contributed by atoms with Crippen molar-refractivity contribution in [2.75, 3.05) is 5.32 Å². The number of aromatic nitrogens is 3. The summed E-state index contributed by atoms with van der Waals surface area (Å²) in [7, 11) is 0. The molecule has 2 aromatic rings. The van der Waals surface area contributed by atoms with Crippen molar-refractivity contribution in [1.82, 2.24) is 20.3 Å². The van der Waals surface area contributed by atoms with E-state index in [1.807, 2.05) is 30.3 Å². The van der Waals surface area contributed by atoms with Gasteiger partial charge in [0.15, 0.2) is 5.82 Å². The lowest BCUT2D eigenvalue weighted by Crippen LogP contribution is -2.45. The number of nitrogens with zero attached hydrogens (tertiary/aromatic N) is 3. The Morgan fingerprint density at radius 1 is 1.25 bits per heavy atom. The average molecular weight is 331 g/mol. The number of aliphatic carboxylic acids is 1. The highest BCUT2D eigenvalue weighted by atomic mass is 16.4. The third-order valence-electron chi connectivity index (χ3n) is 3.38. The van der Waals surface area contributed by atoms with E-state index in [0.29, 0.717) is 18.8 Å². The Bertz CT molecular complexity index is 697. The van der Waals surface area contributed by atoms with Crippen molar-refractivity contribution in [3.8, 4) is 0 Å². The van der Waals surface area contributed by atoms with Gasteiger partial charge in [-0.15, -0.1) is 5.10 Å². The van der Waals surface area contributed by atoms with Crippen LogP contribution >= 0.6 is 0 Å². The first-order valence-corrected chi connectivity index (χ1v) is 7.59. The van der Waals surface area contributed by atoms with Crippen LogP contribution in [-0.2, 0) is 11.3 Å². The van der Waals surface area contributed by atoms with Crippen LogP contribution in [0.15, 0.2) is 36.5 Å². The number of carbonyl (C=O) groups is 2. The normalized spacial score (nSPS) is 11.1. The Labute approximate surface area is 139 Å². The van der Waals surface area contributed by atoms with Gasteiger partial charge < -0.3 is 10.4 Å². The van der Waals surface area contributed by atoms with Gasteiger partial charge in [-0.25, -0.2) is 9.48 Å². The molecule has 2 rings (SSSR count). The van der Waals surface area contributed by atoms with E-state index in [2.05, 4.69) is 20.9 Å². The van der Waals surface area contributed by atoms with E-state index < -0.39 is 17.5 Å². The number of hydrogen-bond donors (Lipinski definition) is 3. The Morgan fingerprint density at radius 2 is 1.96 bits per heavy atom. The Hall–Kier alpha value is -2.90. The van der Waals surface area contributed by atoms with Gasteiger partial charge in [0.1, 0.15) is 0 Å². The molecule has 2 amide bonds. The van der Waals surface area contributed by atoms with Gasteiger partial charge in [-0.05, 0) is 25.8 Å². The largest absolute Gasteiger partial charge is 0.481 e. The second kappa shape index (κ2) is 7.58. The second-order valence-corrected chi connectivity index (χ2v) is 6.14. The summed E-state index contributed by atoms with van der Waals surface area (Å²) in [4.78, 5) is 22.6. The van der Waals surface area contributed by atoms with Crippen molar-refractivity contribution in [2.24, 2.45) is 0 Å². The summed E-state index contributed by atoms with van der Waals surface area (Å²) in [5, 5.41) is 21.9. The minimum Gasteiger partial charge on any atom is -0.481 e. The number of benzene rings is 1. The van der Waals surface area contributed by atoms with Crippen LogP contribution in [-0.4, -0.2) is 37.6 Å². The Balaban J connectivity index is 1.87. The highest BCUT2D eigenvalue weighted by Gasteiger charge is 2.21. The van der Waals surface area contributed by atoms with Crippen molar-refractivity contribution in [3.05, 3.63) is 42.1 Å². The van der Waals surface area contributed by atoms with Gasteiger partial charge in [0.2, 0.25) is 0 Å². The number of rotatable bonds is 7. The second-order valence-electron chi connectivity index (χ2n) is 6.14. The van der Waals surface area contributed by atoms with Gasteiger partial charge in [0, 0.05) is 12.0 Å². The van der Waals surface area contributed by atoms with Gasteiger partial charge >= 0.3 is 12.0 Å². The number of amides is 2. The summed E-state index contributed by atoms with van der Waals surface area (Å²) >= 11 is 0. The molecule has 0 radical (unpaired) electrons. The summed E-state index contributed by atoms with van der Waals surface area (Å²) in [5.74, 6) is -0.563. The van der Waals surface area contributed by atoms with Crippen LogP contribution in [0.1, 0.15) is 32.3 Å². The topological polar surface area (TPSA) is 109 Å². The molecule has 3 N–H and O–H groups in total. The van der Waals surface area contributed by atoms with Crippen LogP contribution in [0.2, 0.25) is 0 Å². The molecule has 1 aromatic heterocycles. The molecule has 8 nitrogen and oxygen atoms in total. The van der Waals surface area contributed by atoms with E-state index >= 15 is 0 Å². The van der Waals surface area contributed by atoms with Gasteiger partial charge in [-0.2, -0.15) is 0 Å². The number of carbonyl (C=O) groups excluding carboxylic acids is 1. The summed E-state index contributed by atoms with van der Waals surface area (Å²) < 4.78 is 1.63. The van der Waals surface area contributed by atoms with Gasteiger partial charge in [0.05, 0.1) is 12.7 Å². The zero-order chi connectivity index (χ0) is 17.6. The maximum Gasteiger partial charge on any atom is 0.320 e. The van der Waals surface area contributed by atoms with Crippen LogP contribution in [0, 0.1) is 0 Å². The molecule has 0 bridgehead atoms. The molecule has 0 spiro atoms. The number of anilines is 1. The third-order valence-corrected chi connectivity index (χ3v) is 3.38. The quantitative estimate of drug-likeness (QED) is 0.720. The molecule has 0 unspecified atom stereocenters. The fourth-order valence-electron chi connectivity index (χ4n) is 2.14. The molecule has 0 saturated carbocycles. The third kappa shape index (κ3) is 5.71. The van der Waals surface area contributed by atoms with E-state index in [9.17, 15) is 9.59 Å². The average Bonchev–Trinajstić information content (AvgIpc) is 2.92. The van der Waals surface area contributed by atoms with E-state index in [1.54, 1.807) is 24.7 Å². The first-order valence-electron chi connectivity index (χ1n) is 7.59. The van der Waals surface area contributed by atoms with Crippen molar-refractivity contribution < 1.29 is 14.7 Å². The SMILES string of the molecule is CC(C)(CCC(=O)O)NC(=O)Nc1cn(Cc2ccccc2)nn1. The zero-order valence-corrected chi connectivity index (χ0v) is 13.7. The fraction of sp³-hybridized carbons (Fsp3) is 0.375. The van der Waals surface area contributed by atoms with Crippen LogP contribution in [0.25, 0.3) is 0 Å². The lowest BCUT2D eigenvalue weighted by Gasteiger charge is -2.25. The number of urea groups is 1. The molecule has 0 atom stereocenters. The molecule has 0 aliphatic carbocycles. The van der Waals surface area contributed by atoms with Crippen molar-refractivity contribution >= 4 is 17.8 Å². The number of carboxylic acid groups (broad SMARTS) is 1. The molecule has 1 aromatic carbocycles. The van der Waals surface area contributed by atoms with Crippen LogP contribution < -0.4 is 10.6 Å². The van der Waals surface area contributed by atoms with Gasteiger partial charge in [0.25, 0.3) is 0 Å². The van der Waals surface area contributed by atoms with Crippen molar-refractivity contribution in [2.45, 2.75) is 38.8 Å². The molecule has 0 aliphatic heterocycles. The fourth-order valence-corrected chi connectivity index (χ4v) is 2.14. The van der Waals surface area contributed by atoms with Crippen molar-refractivity contribution in [3.63, 3.8) is 0 Å². The minimum absolute atomic E-state index is 0.0134. The Morgan fingerprint density at radius 3 is 2.62 bits per heavy atom. The van der Waals surface area contributed by atoms with E-state index in [4.69, 9.17) is 5.11 Å². The summed E-state index contributed by atoms with van der Waals surface area (Å²) in [5.41, 5.74) is 0.441. The molecular weight excluding hydrogens is 310 g/mol. The van der Waals surface area contributed by atoms with Crippen LogP contribution in [0.3, 0.4) is 0 Å². The predicted molar refractivity (Wildman–Crippen MR) is 88.7 cm³/mol. The molecule has 0 aliphatic rings. The maximum absolute atomic E-state index is 12.0. The molecule has 0 saturated heterocycles. The molecule has 0 fully saturated rings. The van der Waals surface area contributed by atoms with Crippen molar-refractivity contribution in [1.29, 1.82) is 0 Å². The summed E-state index contributed by atoms with van der Waals surface area (Å²) in [6, 6.07) is 9.33. The lowest BCUT2D eigenvalue weighted by molar-refractivity contribution is -0.137. The highest BCUT2D eigenvalue weighted by Crippen LogP contribution is 2.12. The highest BCUT2D eigenvalue weighted by molar-refractivity contribution is 5.88. The molecule has 128 valence electrons.